The first-order valence-corrected chi connectivity index (χ1v) is 8.20. The quantitative estimate of drug-likeness (QED) is 0.653. The van der Waals surface area contributed by atoms with Crippen LogP contribution in [0.1, 0.15) is 23.7 Å². The molecule has 26 heavy (non-hydrogen) atoms. The van der Waals surface area contributed by atoms with Crippen LogP contribution >= 0.6 is 0 Å². The molecular formula is C20H18N2O4. The van der Waals surface area contributed by atoms with E-state index in [2.05, 4.69) is 10.3 Å². The average molecular weight is 350 g/mol. The third kappa shape index (κ3) is 4.36. The second-order valence-electron chi connectivity index (χ2n) is 5.58. The molecule has 1 N–H and O–H groups in total. The number of carbonyl (C=O) groups excluding carboxylic acids is 2. The van der Waals surface area contributed by atoms with Gasteiger partial charge in [0.2, 0.25) is 0 Å². The summed E-state index contributed by atoms with van der Waals surface area (Å²) in [5.74, 6) is 0.999. The first-order chi connectivity index (χ1) is 12.7. The van der Waals surface area contributed by atoms with Crippen LogP contribution in [-0.4, -0.2) is 23.3 Å². The molecule has 3 aromatic rings. The molecule has 0 saturated carbocycles. The minimum atomic E-state index is -0.272. The number of nitrogens with zero attached hydrogens (tertiary/aromatic N) is 1. The first kappa shape index (κ1) is 17.4. The predicted molar refractivity (Wildman–Crippen MR) is 97.1 cm³/mol. The van der Waals surface area contributed by atoms with Crippen LogP contribution < -0.4 is 10.1 Å². The van der Waals surface area contributed by atoms with Crippen molar-refractivity contribution in [2.24, 2.45) is 0 Å². The Morgan fingerprint density at radius 3 is 2.42 bits per heavy atom. The van der Waals surface area contributed by atoms with Gasteiger partial charge in [0.05, 0.1) is 6.20 Å². The van der Waals surface area contributed by atoms with Crippen LogP contribution in [0.25, 0.3) is 11.3 Å². The lowest BCUT2D eigenvalue weighted by atomic mass is 10.1. The number of aromatic nitrogens is 1. The summed E-state index contributed by atoms with van der Waals surface area (Å²) >= 11 is 0. The topological polar surface area (TPSA) is 81.4 Å². The van der Waals surface area contributed by atoms with Crippen LogP contribution in [0.2, 0.25) is 0 Å². The van der Waals surface area contributed by atoms with Crippen LogP contribution in [0.5, 0.6) is 5.75 Å². The number of amides is 1. The van der Waals surface area contributed by atoms with Crippen LogP contribution in [0, 0.1) is 0 Å². The van der Waals surface area contributed by atoms with E-state index in [4.69, 9.17) is 9.15 Å². The minimum Gasteiger partial charge on any atom is -0.484 e. The molecular weight excluding hydrogens is 332 g/mol. The largest absolute Gasteiger partial charge is 0.484 e. The highest BCUT2D eigenvalue weighted by atomic mass is 16.5. The summed E-state index contributed by atoms with van der Waals surface area (Å²) in [5, 5.41) is 2.76. The SMILES string of the molecule is CCC(=O)c1ccc(OCC(=O)Nc2ccc(-c3cnco3)cc2)cc1. The fourth-order valence-corrected chi connectivity index (χ4v) is 2.36. The summed E-state index contributed by atoms with van der Waals surface area (Å²) in [4.78, 5) is 27.5. The number of anilines is 1. The number of hydrogen-bond donors (Lipinski definition) is 1. The Hall–Kier alpha value is -3.41. The Labute approximate surface area is 150 Å². The summed E-state index contributed by atoms with van der Waals surface area (Å²) in [6, 6.07) is 14.0. The number of oxazole rings is 1. The standard InChI is InChI=1S/C20H18N2O4/c1-2-18(23)14-5-9-17(10-6-14)25-12-20(24)22-16-7-3-15(4-8-16)19-11-21-13-26-19/h3-11,13H,2,12H2,1H3,(H,22,24). The monoisotopic (exact) mass is 350 g/mol. The van der Waals surface area contributed by atoms with E-state index in [9.17, 15) is 9.59 Å². The molecule has 0 fully saturated rings. The Kier molecular flexibility index (Phi) is 5.43. The van der Waals surface area contributed by atoms with Gasteiger partial charge in [-0.2, -0.15) is 0 Å². The summed E-state index contributed by atoms with van der Waals surface area (Å²) in [7, 11) is 0. The Balaban J connectivity index is 1.51. The lowest BCUT2D eigenvalue weighted by Gasteiger charge is -2.08. The Morgan fingerprint density at radius 2 is 1.81 bits per heavy atom. The maximum absolute atomic E-state index is 12.0. The number of rotatable bonds is 7. The van der Waals surface area contributed by atoms with Crippen LogP contribution in [0.3, 0.4) is 0 Å². The number of ketones is 1. The van der Waals surface area contributed by atoms with Crippen molar-refractivity contribution >= 4 is 17.4 Å². The summed E-state index contributed by atoms with van der Waals surface area (Å²) in [6.45, 7) is 1.69. The van der Waals surface area contributed by atoms with E-state index in [0.29, 0.717) is 29.2 Å². The molecule has 0 bridgehead atoms. The van der Waals surface area contributed by atoms with Crippen molar-refractivity contribution in [2.45, 2.75) is 13.3 Å². The summed E-state index contributed by atoms with van der Waals surface area (Å²) < 4.78 is 10.7. The van der Waals surface area contributed by atoms with Gasteiger partial charge >= 0.3 is 0 Å². The van der Waals surface area contributed by atoms with Gasteiger partial charge in [-0.3, -0.25) is 9.59 Å². The van der Waals surface area contributed by atoms with E-state index in [1.807, 2.05) is 19.1 Å². The lowest BCUT2D eigenvalue weighted by Crippen LogP contribution is -2.20. The van der Waals surface area contributed by atoms with Gasteiger partial charge in [-0.25, -0.2) is 4.98 Å². The van der Waals surface area contributed by atoms with E-state index < -0.39 is 0 Å². The molecule has 0 aliphatic rings. The van der Waals surface area contributed by atoms with Crippen molar-refractivity contribution < 1.29 is 18.7 Å². The second-order valence-corrected chi connectivity index (χ2v) is 5.58. The molecule has 0 saturated heterocycles. The third-order valence-electron chi connectivity index (χ3n) is 3.75. The molecule has 6 nitrogen and oxygen atoms in total. The second kappa shape index (κ2) is 8.11. The summed E-state index contributed by atoms with van der Waals surface area (Å²) in [6.07, 6.45) is 3.45. The minimum absolute atomic E-state index is 0.0723. The van der Waals surface area contributed by atoms with Crippen LogP contribution in [0.4, 0.5) is 5.69 Å². The van der Waals surface area contributed by atoms with E-state index in [1.165, 1.54) is 6.39 Å². The van der Waals surface area contributed by atoms with Crippen molar-refractivity contribution in [3.05, 3.63) is 66.7 Å². The number of nitrogens with one attached hydrogen (secondary N) is 1. The van der Waals surface area contributed by atoms with Crippen molar-refractivity contribution in [1.82, 2.24) is 4.98 Å². The zero-order chi connectivity index (χ0) is 18.4. The van der Waals surface area contributed by atoms with E-state index in [1.54, 1.807) is 42.6 Å². The molecule has 3 rings (SSSR count). The fraction of sp³-hybridized carbons (Fsp3) is 0.150. The zero-order valence-corrected chi connectivity index (χ0v) is 14.3. The molecule has 2 aromatic carbocycles. The van der Waals surface area contributed by atoms with Crippen molar-refractivity contribution in [1.29, 1.82) is 0 Å². The van der Waals surface area contributed by atoms with Gasteiger partial charge in [-0.1, -0.05) is 6.92 Å². The number of ether oxygens (including phenoxy) is 1. The molecule has 132 valence electrons. The molecule has 1 amide bonds. The maximum atomic E-state index is 12.0. The van der Waals surface area contributed by atoms with Gasteiger partial charge in [0.15, 0.2) is 24.5 Å². The highest BCUT2D eigenvalue weighted by Crippen LogP contribution is 2.20. The van der Waals surface area contributed by atoms with E-state index >= 15 is 0 Å². The predicted octanol–water partition coefficient (Wildman–Crippen LogP) is 3.95. The Bertz CT molecular complexity index is 869. The van der Waals surface area contributed by atoms with E-state index in [0.717, 1.165) is 5.56 Å². The van der Waals surface area contributed by atoms with Gasteiger partial charge in [0.25, 0.3) is 5.91 Å². The lowest BCUT2D eigenvalue weighted by molar-refractivity contribution is -0.118. The van der Waals surface area contributed by atoms with Crippen LogP contribution in [0.15, 0.2) is 65.5 Å². The molecule has 0 radical (unpaired) electrons. The van der Waals surface area contributed by atoms with Gasteiger partial charge < -0.3 is 14.5 Å². The molecule has 1 heterocycles. The number of Topliss-reactive ketones (excluding diaryl/α,β-unsaturated/α-hetero) is 1. The first-order valence-electron chi connectivity index (χ1n) is 8.20. The summed E-state index contributed by atoms with van der Waals surface area (Å²) in [5.41, 5.74) is 2.17. The highest BCUT2D eigenvalue weighted by molar-refractivity contribution is 5.96. The molecule has 0 spiro atoms. The van der Waals surface area contributed by atoms with Gasteiger partial charge in [0.1, 0.15) is 5.75 Å². The van der Waals surface area contributed by atoms with Gasteiger partial charge in [-0.05, 0) is 48.5 Å². The molecule has 0 aliphatic carbocycles. The van der Waals surface area contributed by atoms with E-state index in [-0.39, 0.29) is 18.3 Å². The smallest absolute Gasteiger partial charge is 0.262 e. The number of benzene rings is 2. The van der Waals surface area contributed by atoms with Crippen molar-refractivity contribution in [2.75, 3.05) is 11.9 Å². The maximum Gasteiger partial charge on any atom is 0.262 e. The molecule has 6 heteroatoms. The Morgan fingerprint density at radius 1 is 1.08 bits per heavy atom. The molecule has 1 aromatic heterocycles. The van der Waals surface area contributed by atoms with Crippen LogP contribution in [-0.2, 0) is 4.79 Å². The molecule has 0 unspecified atom stereocenters. The number of carbonyl (C=O) groups is 2. The zero-order valence-electron chi connectivity index (χ0n) is 14.3. The van der Waals surface area contributed by atoms with Gasteiger partial charge in [-0.15, -0.1) is 0 Å². The third-order valence-corrected chi connectivity index (χ3v) is 3.75. The molecule has 0 atom stereocenters. The normalized spacial score (nSPS) is 10.3. The highest BCUT2D eigenvalue weighted by Gasteiger charge is 2.07. The van der Waals surface area contributed by atoms with Crippen molar-refractivity contribution in [3.63, 3.8) is 0 Å². The molecule has 0 aliphatic heterocycles. The fourth-order valence-electron chi connectivity index (χ4n) is 2.36. The number of hydrogen-bond acceptors (Lipinski definition) is 5. The van der Waals surface area contributed by atoms with Gasteiger partial charge in [0, 0.05) is 23.2 Å². The van der Waals surface area contributed by atoms with Crippen molar-refractivity contribution in [3.8, 4) is 17.1 Å². The average Bonchev–Trinajstić information content (AvgIpc) is 3.21.